The molecule has 130 valence electrons. The van der Waals surface area contributed by atoms with Crippen LogP contribution in [-0.4, -0.2) is 11.0 Å². The Bertz CT molecular complexity index is 807. The van der Waals surface area contributed by atoms with Crippen LogP contribution in [0.5, 0.6) is 0 Å². The zero-order valence-electron chi connectivity index (χ0n) is 14.1. The van der Waals surface area contributed by atoms with Gasteiger partial charge in [-0.2, -0.15) is 11.3 Å². The highest BCUT2D eigenvalue weighted by atomic mass is 32.1. The number of nitrogens with one attached hydrogen (secondary N) is 1. The lowest BCUT2D eigenvalue weighted by atomic mass is 10.1. The van der Waals surface area contributed by atoms with E-state index >= 15 is 0 Å². The van der Waals surface area contributed by atoms with Crippen molar-refractivity contribution in [1.29, 1.82) is 0 Å². The molecule has 1 amide bonds. The minimum Gasteiger partial charge on any atom is -0.383 e. The van der Waals surface area contributed by atoms with Gasteiger partial charge in [-0.1, -0.05) is 25.5 Å². The van der Waals surface area contributed by atoms with Gasteiger partial charge in [-0.25, -0.2) is 0 Å². The maximum Gasteiger partial charge on any atom is 0.251 e. The standard InChI is InChI=1S/C20H21NO2S2/c1-2-3-14-4-6-15(7-5-14)20(23)21-12-17-8-9-18(25-17)19(22)16-10-11-24-13-16/h4-11,13,19,22H,2-3,12H2,1H3,(H,21,23). The van der Waals surface area contributed by atoms with Crippen LogP contribution >= 0.6 is 22.7 Å². The Labute approximate surface area is 156 Å². The van der Waals surface area contributed by atoms with E-state index in [1.54, 1.807) is 11.3 Å². The van der Waals surface area contributed by atoms with E-state index in [0.717, 1.165) is 28.2 Å². The van der Waals surface area contributed by atoms with Crippen LogP contribution in [0.1, 0.15) is 50.7 Å². The molecule has 3 aromatic rings. The molecule has 0 aliphatic heterocycles. The minimum absolute atomic E-state index is 0.0728. The number of aliphatic hydroxyl groups excluding tert-OH is 1. The van der Waals surface area contributed by atoms with E-state index in [2.05, 4.69) is 12.2 Å². The topological polar surface area (TPSA) is 49.3 Å². The Hall–Kier alpha value is -1.95. The van der Waals surface area contributed by atoms with Gasteiger partial charge in [0.1, 0.15) is 6.10 Å². The van der Waals surface area contributed by atoms with Gasteiger partial charge < -0.3 is 10.4 Å². The highest BCUT2D eigenvalue weighted by molar-refractivity contribution is 7.12. The number of aryl methyl sites for hydroxylation is 1. The molecule has 25 heavy (non-hydrogen) atoms. The van der Waals surface area contributed by atoms with Crippen molar-refractivity contribution in [1.82, 2.24) is 5.32 Å². The molecule has 2 N–H and O–H groups in total. The number of thiophene rings is 2. The Morgan fingerprint density at radius 2 is 1.96 bits per heavy atom. The average Bonchev–Trinajstić information content (AvgIpc) is 3.32. The van der Waals surface area contributed by atoms with Crippen molar-refractivity contribution in [2.45, 2.75) is 32.4 Å². The van der Waals surface area contributed by atoms with Crippen molar-refractivity contribution >= 4 is 28.6 Å². The monoisotopic (exact) mass is 371 g/mol. The molecule has 0 saturated carbocycles. The maximum atomic E-state index is 12.3. The van der Waals surface area contributed by atoms with Gasteiger partial charge >= 0.3 is 0 Å². The van der Waals surface area contributed by atoms with E-state index in [1.807, 2.05) is 53.2 Å². The van der Waals surface area contributed by atoms with E-state index in [4.69, 9.17) is 0 Å². The molecule has 1 atom stereocenters. The summed E-state index contributed by atoms with van der Waals surface area (Å²) in [5, 5.41) is 17.2. The molecule has 0 aliphatic rings. The molecule has 0 saturated heterocycles. The van der Waals surface area contributed by atoms with Gasteiger partial charge in [-0.05, 0) is 58.6 Å². The highest BCUT2D eigenvalue weighted by Crippen LogP contribution is 2.29. The molecule has 2 aromatic heterocycles. The van der Waals surface area contributed by atoms with Gasteiger partial charge in [0.25, 0.3) is 5.91 Å². The summed E-state index contributed by atoms with van der Waals surface area (Å²) >= 11 is 3.10. The van der Waals surface area contributed by atoms with Gasteiger partial charge in [0, 0.05) is 15.3 Å². The third kappa shape index (κ3) is 4.57. The zero-order valence-corrected chi connectivity index (χ0v) is 15.7. The number of amides is 1. The number of carbonyl (C=O) groups excluding carboxylic acids is 1. The summed E-state index contributed by atoms with van der Waals surface area (Å²) in [6, 6.07) is 13.6. The van der Waals surface area contributed by atoms with Gasteiger partial charge in [0.05, 0.1) is 6.54 Å². The lowest BCUT2D eigenvalue weighted by Gasteiger charge is -2.06. The van der Waals surface area contributed by atoms with Crippen LogP contribution in [0.25, 0.3) is 0 Å². The summed E-state index contributed by atoms with van der Waals surface area (Å²) in [6.07, 6.45) is 1.54. The predicted octanol–water partition coefficient (Wildman–Crippen LogP) is 4.77. The summed E-state index contributed by atoms with van der Waals surface area (Å²) < 4.78 is 0. The van der Waals surface area contributed by atoms with Crippen molar-refractivity contribution in [2.75, 3.05) is 0 Å². The molecule has 3 rings (SSSR count). The lowest BCUT2D eigenvalue weighted by molar-refractivity contribution is 0.0951. The van der Waals surface area contributed by atoms with Crippen LogP contribution < -0.4 is 5.32 Å². The number of benzene rings is 1. The largest absolute Gasteiger partial charge is 0.383 e. The smallest absolute Gasteiger partial charge is 0.251 e. The van der Waals surface area contributed by atoms with Gasteiger partial charge in [0.2, 0.25) is 0 Å². The molecule has 1 unspecified atom stereocenters. The van der Waals surface area contributed by atoms with Gasteiger partial charge in [-0.15, -0.1) is 11.3 Å². The number of rotatable bonds is 7. The van der Waals surface area contributed by atoms with Gasteiger partial charge in [0.15, 0.2) is 0 Å². The predicted molar refractivity (Wildman–Crippen MR) is 104 cm³/mol. The van der Waals surface area contributed by atoms with E-state index < -0.39 is 6.10 Å². The van der Waals surface area contributed by atoms with Crippen molar-refractivity contribution < 1.29 is 9.90 Å². The van der Waals surface area contributed by atoms with E-state index in [0.29, 0.717) is 12.1 Å². The van der Waals surface area contributed by atoms with E-state index in [9.17, 15) is 9.90 Å². The van der Waals surface area contributed by atoms with Crippen molar-refractivity contribution in [3.8, 4) is 0 Å². The second-order valence-electron chi connectivity index (χ2n) is 5.89. The third-order valence-electron chi connectivity index (χ3n) is 3.99. The fourth-order valence-corrected chi connectivity index (χ4v) is 4.26. The van der Waals surface area contributed by atoms with Crippen LogP contribution in [0.3, 0.4) is 0 Å². The fourth-order valence-electron chi connectivity index (χ4n) is 2.61. The summed E-state index contributed by atoms with van der Waals surface area (Å²) in [5.41, 5.74) is 2.84. The molecule has 0 spiro atoms. The summed E-state index contributed by atoms with van der Waals surface area (Å²) in [4.78, 5) is 14.2. The Kier molecular flexibility index (Phi) is 6.02. The second-order valence-corrected chi connectivity index (χ2v) is 7.87. The molecule has 0 aliphatic carbocycles. The van der Waals surface area contributed by atoms with Crippen LogP contribution in [0, 0.1) is 0 Å². The molecule has 1 aromatic carbocycles. The van der Waals surface area contributed by atoms with Crippen molar-refractivity contribution in [3.05, 3.63) is 79.7 Å². The van der Waals surface area contributed by atoms with Crippen LogP contribution in [0.2, 0.25) is 0 Å². The quantitative estimate of drug-likeness (QED) is 0.628. The first-order valence-electron chi connectivity index (χ1n) is 8.33. The van der Waals surface area contributed by atoms with Crippen LogP contribution in [0.4, 0.5) is 0 Å². The Morgan fingerprint density at radius 1 is 1.16 bits per heavy atom. The van der Waals surface area contributed by atoms with Crippen molar-refractivity contribution in [2.24, 2.45) is 0 Å². The van der Waals surface area contributed by atoms with Crippen molar-refractivity contribution in [3.63, 3.8) is 0 Å². The van der Waals surface area contributed by atoms with Gasteiger partial charge in [-0.3, -0.25) is 4.79 Å². The normalized spacial score (nSPS) is 12.1. The van der Waals surface area contributed by atoms with E-state index in [-0.39, 0.29) is 5.91 Å². The minimum atomic E-state index is -0.591. The Morgan fingerprint density at radius 3 is 2.64 bits per heavy atom. The highest BCUT2D eigenvalue weighted by Gasteiger charge is 2.14. The number of hydrogen-bond donors (Lipinski definition) is 2. The third-order valence-corrected chi connectivity index (χ3v) is 5.83. The first-order valence-corrected chi connectivity index (χ1v) is 10.1. The maximum absolute atomic E-state index is 12.3. The molecule has 5 heteroatoms. The molecular formula is C20H21NO2S2. The summed E-state index contributed by atoms with van der Waals surface area (Å²) in [5.74, 6) is -0.0728. The molecule has 0 bridgehead atoms. The number of aliphatic hydroxyl groups is 1. The molecule has 0 radical (unpaired) electrons. The first-order chi connectivity index (χ1) is 12.2. The summed E-state index contributed by atoms with van der Waals surface area (Å²) in [7, 11) is 0. The zero-order chi connectivity index (χ0) is 17.6. The Balaban J connectivity index is 1.57. The lowest BCUT2D eigenvalue weighted by Crippen LogP contribution is -2.22. The summed E-state index contributed by atoms with van der Waals surface area (Å²) in [6.45, 7) is 2.61. The average molecular weight is 372 g/mol. The molecule has 2 heterocycles. The fraction of sp³-hybridized carbons (Fsp3) is 0.250. The second kappa shape index (κ2) is 8.43. The number of hydrogen-bond acceptors (Lipinski definition) is 4. The SMILES string of the molecule is CCCc1ccc(C(=O)NCc2ccc(C(O)c3ccsc3)s2)cc1. The number of carbonyl (C=O) groups is 1. The molecular weight excluding hydrogens is 350 g/mol. The first kappa shape index (κ1) is 17.9. The van der Waals surface area contributed by atoms with E-state index in [1.165, 1.54) is 16.9 Å². The molecule has 3 nitrogen and oxygen atoms in total. The van der Waals surface area contributed by atoms with Crippen LogP contribution in [0.15, 0.2) is 53.2 Å². The molecule has 0 fully saturated rings. The van der Waals surface area contributed by atoms with Crippen LogP contribution in [-0.2, 0) is 13.0 Å².